The van der Waals surface area contributed by atoms with Crippen LogP contribution in [0.25, 0.3) is 0 Å². The standard InChI is InChI=1S/C15H21NO2/c16-10-15(7-2-1-3-8-15)13-6-4-5-12-9-17-11-18-14(12)13/h4-6H,1-3,7-11,16H2. The van der Waals surface area contributed by atoms with Crippen LogP contribution in [0.2, 0.25) is 0 Å². The highest BCUT2D eigenvalue weighted by Gasteiger charge is 2.36. The van der Waals surface area contributed by atoms with Gasteiger partial charge in [0.25, 0.3) is 0 Å². The topological polar surface area (TPSA) is 44.5 Å². The number of benzene rings is 1. The molecule has 3 rings (SSSR count). The maximum Gasteiger partial charge on any atom is 0.189 e. The van der Waals surface area contributed by atoms with Gasteiger partial charge in [0.15, 0.2) is 6.79 Å². The molecule has 0 saturated heterocycles. The molecule has 0 atom stereocenters. The molecule has 1 heterocycles. The Balaban J connectivity index is 2.04. The molecule has 3 heteroatoms. The van der Waals surface area contributed by atoms with Crippen LogP contribution in [0.15, 0.2) is 18.2 Å². The van der Waals surface area contributed by atoms with Gasteiger partial charge < -0.3 is 15.2 Å². The molecule has 1 aliphatic heterocycles. The number of para-hydroxylation sites is 1. The van der Waals surface area contributed by atoms with E-state index in [2.05, 4.69) is 18.2 Å². The number of hydrogen-bond acceptors (Lipinski definition) is 3. The van der Waals surface area contributed by atoms with Crippen LogP contribution < -0.4 is 10.5 Å². The van der Waals surface area contributed by atoms with Gasteiger partial charge in [-0.25, -0.2) is 0 Å². The van der Waals surface area contributed by atoms with Crippen molar-refractivity contribution in [3.8, 4) is 5.75 Å². The zero-order valence-electron chi connectivity index (χ0n) is 10.8. The molecule has 18 heavy (non-hydrogen) atoms. The van der Waals surface area contributed by atoms with Gasteiger partial charge in [-0.1, -0.05) is 37.5 Å². The summed E-state index contributed by atoms with van der Waals surface area (Å²) in [5.74, 6) is 1.04. The van der Waals surface area contributed by atoms with Gasteiger partial charge in [-0.15, -0.1) is 0 Å². The van der Waals surface area contributed by atoms with E-state index in [9.17, 15) is 0 Å². The summed E-state index contributed by atoms with van der Waals surface area (Å²) >= 11 is 0. The summed E-state index contributed by atoms with van der Waals surface area (Å²) in [5, 5.41) is 0. The molecule has 1 saturated carbocycles. The van der Waals surface area contributed by atoms with Crippen LogP contribution in [0, 0.1) is 0 Å². The van der Waals surface area contributed by atoms with Crippen molar-refractivity contribution in [1.82, 2.24) is 0 Å². The van der Waals surface area contributed by atoms with E-state index in [0.29, 0.717) is 19.9 Å². The van der Waals surface area contributed by atoms with E-state index < -0.39 is 0 Å². The second-order valence-corrected chi connectivity index (χ2v) is 5.45. The second-order valence-electron chi connectivity index (χ2n) is 5.45. The minimum absolute atomic E-state index is 0.126. The number of hydrogen-bond donors (Lipinski definition) is 1. The Hall–Kier alpha value is -1.06. The Bertz CT molecular complexity index is 425. The second kappa shape index (κ2) is 4.90. The minimum atomic E-state index is 0.126. The summed E-state index contributed by atoms with van der Waals surface area (Å²) in [7, 11) is 0. The van der Waals surface area contributed by atoms with E-state index in [1.165, 1.54) is 37.7 Å². The predicted molar refractivity (Wildman–Crippen MR) is 70.5 cm³/mol. The first-order valence-corrected chi connectivity index (χ1v) is 6.89. The first-order valence-electron chi connectivity index (χ1n) is 6.89. The number of fused-ring (bicyclic) bond motifs is 1. The average Bonchev–Trinajstić information content (AvgIpc) is 2.47. The zero-order chi connectivity index (χ0) is 12.4. The van der Waals surface area contributed by atoms with Crippen molar-refractivity contribution >= 4 is 0 Å². The quantitative estimate of drug-likeness (QED) is 0.874. The number of nitrogens with two attached hydrogens (primary N) is 1. The minimum Gasteiger partial charge on any atom is -0.467 e. The van der Waals surface area contributed by atoms with Crippen LogP contribution >= 0.6 is 0 Å². The molecule has 0 radical (unpaired) electrons. The van der Waals surface area contributed by atoms with Crippen molar-refractivity contribution in [2.75, 3.05) is 13.3 Å². The van der Waals surface area contributed by atoms with Crippen molar-refractivity contribution in [2.45, 2.75) is 44.1 Å². The molecule has 3 nitrogen and oxygen atoms in total. The Morgan fingerprint density at radius 2 is 2.00 bits per heavy atom. The monoisotopic (exact) mass is 247 g/mol. The zero-order valence-corrected chi connectivity index (χ0v) is 10.8. The van der Waals surface area contributed by atoms with E-state index >= 15 is 0 Å². The fourth-order valence-electron chi connectivity index (χ4n) is 3.35. The fourth-order valence-corrected chi connectivity index (χ4v) is 3.35. The third-order valence-electron chi connectivity index (χ3n) is 4.41. The third kappa shape index (κ3) is 1.91. The molecule has 0 aromatic heterocycles. The van der Waals surface area contributed by atoms with Crippen molar-refractivity contribution in [1.29, 1.82) is 0 Å². The van der Waals surface area contributed by atoms with Gasteiger partial charge in [0, 0.05) is 23.1 Å². The first-order chi connectivity index (χ1) is 8.86. The van der Waals surface area contributed by atoms with Crippen LogP contribution in [-0.2, 0) is 16.8 Å². The molecule has 0 bridgehead atoms. The molecule has 1 fully saturated rings. The molecule has 2 N–H and O–H groups in total. The van der Waals surface area contributed by atoms with E-state index in [-0.39, 0.29) is 5.41 Å². The maximum absolute atomic E-state index is 6.12. The lowest BCUT2D eigenvalue weighted by molar-refractivity contribution is -0.0180. The molecule has 2 aliphatic rings. The maximum atomic E-state index is 6.12. The van der Waals surface area contributed by atoms with Gasteiger partial charge in [-0.05, 0) is 12.8 Å². The Morgan fingerprint density at radius 3 is 2.78 bits per heavy atom. The lowest BCUT2D eigenvalue weighted by Crippen LogP contribution is -2.38. The van der Waals surface area contributed by atoms with Crippen LogP contribution in [-0.4, -0.2) is 13.3 Å². The van der Waals surface area contributed by atoms with Gasteiger partial charge in [-0.2, -0.15) is 0 Å². The molecule has 0 amide bonds. The lowest BCUT2D eigenvalue weighted by Gasteiger charge is -2.38. The van der Waals surface area contributed by atoms with Gasteiger partial charge >= 0.3 is 0 Å². The van der Waals surface area contributed by atoms with Crippen LogP contribution in [0.3, 0.4) is 0 Å². The van der Waals surface area contributed by atoms with Crippen LogP contribution in [0.4, 0.5) is 0 Å². The fraction of sp³-hybridized carbons (Fsp3) is 0.600. The lowest BCUT2D eigenvalue weighted by atomic mass is 9.69. The highest BCUT2D eigenvalue weighted by molar-refractivity contribution is 5.46. The van der Waals surface area contributed by atoms with Crippen LogP contribution in [0.5, 0.6) is 5.75 Å². The average molecular weight is 247 g/mol. The highest BCUT2D eigenvalue weighted by atomic mass is 16.7. The molecule has 98 valence electrons. The van der Waals surface area contributed by atoms with Gasteiger partial charge in [0.05, 0.1) is 6.61 Å². The Kier molecular flexibility index (Phi) is 3.27. The predicted octanol–water partition coefficient (Wildman–Crippen LogP) is 2.71. The number of ether oxygens (including phenoxy) is 2. The Labute approximate surface area is 108 Å². The van der Waals surface area contributed by atoms with Crippen molar-refractivity contribution in [2.24, 2.45) is 5.73 Å². The normalized spacial score (nSPS) is 22.1. The third-order valence-corrected chi connectivity index (χ3v) is 4.41. The van der Waals surface area contributed by atoms with Crippen LogP contribution in [0.1, 0.15) is 43.2 Å². The van der Waals surface area contributed by atoms with Gasteiger partial charge in [-0.3, -0.25) is 0 Å². The van der Waals surface area contributed by atoms with E-state index in [0.717, 1.165) is 11.3 Å². The molecular weight excluding hydrogens is 226 g/mol. The summed E-state index contributed by atoms with van der Waals surface area (Å²) in [5.41, 5.74) is 8.72. The number of rotatable bonds is 2. The largest absolute Gasteiger partial charge is 0.467 e. The van der Waals surface area contributed by atoms with E-state index in [1.54, 1.807) is 0 Å². The smallest absolute Gasteiger partial charge is 0.189 e. The molecule has 0 spiro atoms. The van der Waals surface area contributed by atoms with Crippen molar-refractivity contribution in [3.63, 3.8) is 0 Å². The van der Waals surface area contributed by atoms with Crippen molar-refractivity contribution < 1.29 is 9.47 Å². The van der Waals surface area contributed by atoms with Crippen molar-refractivity contribution in [3.05, 3.63) is 29.3 Å². The molecule has 1 aliphatic carbocycles. The highest BCUT2D eigenvalue weighted by Crippen LogP contribution is 2.44. The molecule has 1 aromatic rings. The first kappa shape index (κ1) is 12.0. The summed E-state index contributed by atoms with van der Waals surface area (Å²) in [6, 6.07) is 6.39. The van der Waals surface area contributed by atoms with Gasteiger partial charge in [0.2, 0.25) is 0 Å². The molecule has 1 aromatic carbocycles. The summed E-state index contributed by atoms with van der Waals surface area (Å²) in [6.07, 6.45) is 6.25. The molecular formula is C15H21NO2. The summed E-state index contributed by atoms with van der Waals surface area (Å²) in [4.78, 5) is 0. The van der Waals surface area contributed by atoms with E-state index in [1.807, 2.05) is 0 Å². The molecule has 0 unspecified atom stereocenters. The Morgan fingerprint density at radius 1 is 1.17 bits per heavy atom. The SMILES string of the molecule is NCC1(c2cccc3c2OCOC3)CCCCC1. The van der Waals surface area contributed by atoms with Gasteiger partial charge in [0.1, 0.15) is 5.75 Å². The van der Waals surface area contributed by atoms with E-state index in [4.69, 9.17) is 15.2 Å². The summed E-state index contributed by atoms with van der Waals surface area (Å²) < 4.78 is 11.1. The summed E-state index contributed by atoms with van der Waals surface area (Å²) in [6.45, 7) is 1.74.